The minimum atomic E-state index is -0.274. The lowest BCUT2D eigenvalue weighted by atomic mass is 9.70. The summed E-state index contributed by atoms with van der Waals surface area (Å²) in [6.07, 6.45) is 5.04. The minimum Gasteiger partial charge on any atom is -0.489 e. The minimum absolute atomic E-state index is 0.274. The summed E-state index contributed by atoms with van der Waals surface area (Å²) in [5.74, 6) is 2.83. The largest absolute Gasteiger partial charge is 0.489 e. The summed E-state index contributed by atoms with van der Waals surface area (Å²) < 4.78 is 19.5. The molecule has 0 N–H and O–H groups in total. The third-order valence-electron chi connectivity index (χ3n) is 7.85. The number of rotatable bonds is 8. The van der Waals surface area contributed by atoms with E-state index in [1.54, 1.807) is 0 Å². The van der Waals surface area contributed by atoms with Crippen molar-refractivity contribution in [2.24, 2.45) is 0 Å². The molecule has 1 heterocycles. The van der Waals surface area contributed by atoms with Gasteiger partial charge in [0.1, 0.15) is 36.1 Å². The number of hydrogen-bond acceptors (Lipinski definition) is 3. The standard InChI is InChI=1S/C34H34O3/c1-3-26-18-28-29-19-27(4-2)32(36-23-25-14-9-6-10-15-25)21-33(29)37-34(16-11-17-34)30(28)20-31(26)35-22-24-12-7-5-8-13-24/h5-10,12-15,18-21H,3-4,11,16-17,22-23H2,1-2H3. The van der Waals surface area contributed by atoms with Crippen LogP contribution >= 0.6 is 0 Å². The van der Waals surface area contributed by atoms with Crippen LogP contribution < -0.4 is 14.2 Å². The fourth-order valence-corrected chi connectivity index (χ4v) is 5.55. The maximum Gasteiger partial charge on any atom is 0.135 e. The second kappa shape index (κ2) is 9.97. The Morgan fingerprint density at radius 3 is 1.73 bits per heavy atom. The molecule has 0 amide bonds. The van der Waals surface area contributed by atoms with Gasteiger partial charge < -0.3 is 14.2 Å². The Morgan fingerprint density at radius 2 is 1.22 bits per heavy atom. The molecule has 0 atom stereocenters. The molecule has 0 aromatic heterocycles. The van der Waals surface area contributed by atoms with E-state index in [9.17, 15) is 0 Å². The van der Waals surface area contributed by atoms with Crippen LogP contribution in [0.15, 0.2) is 84.9 Å². The van der Waals surface area contributed by atoms with E-state index in [-0.39, 0.29) is 5.60 Å². The van der Waals surface area contributed by atoms with Gasteiger partial charge in [0.2, 0.25) is 0 Å². The number of hydrogen-bond donors (Lipinski definition) is 0. The molecule has 1 aliphatic carbocycles. The van der Waals surface area contributed by atoms with Crippen molar-refractivity contribution in [1.29, 1.82) is 0 Å². The van der Waals surface area contributed by atoms with Crippen molar-refractivity contribution >= 4 is 0 Å². The van der Waals surface area contributed by atoms with E-state index in [0.717, 1.165) is 42.9 Å². The van der Waals surface area contributed by atoms with Crippen molar-refractivity contribution in [2.75, 3.05) is 0 Å². The van der Waals surface area contributed by atoms with E-state index in [1.165, 1.54) is 45.4 Å². The lowest BCUT2D eigenvalue weighted by molar-refractivity contribution is -0.0148. The van der Waals surface area contributed by atoms with Gasteiger partial charge in [-0.15, -0.1) is 0 Å². The van der Waals surface area contributed by atoms with Crippen LogP contribution in [-0.4, -0.2) is 0 Å². The Balaban J connectivity index is 1.37. The Bertz CT molecular complexity index is 1390. The Morgan fingerprint density at radius 1 is 0.676 bits per heavy atom. The molecular weight excluding hydrogens is 456 g/mol. The van der Waals surface area contributed by atoms with Crippen LogP contribution in [0.5, 0.6) is 17.2 Å². The van der Waals surface area contributed by atoms with Crippen molar-refractivity contribution in [2.45, 2.75) is 64.8 Å². The van der Waals surface area contributed by atoms with E-state index in [0.29, 0.717) is 13.2 Å². The predicted molar refractivity (Wildman–Crippen MR) is 148 cm³/mol. The summed E-state index contributed by atoms with van der Waals surface area (Å²) in [5, 5.41) is 0. The van der Waals surface area contributed by atoms with E-state index in [2.05, 4.69) is 86.6 Å². The van der Waals surface area contributed by atoms with Gasteiger partial charge in [-0.25, -0.2) is 0 Å². The molecule has 6 rings (SSSR count). The van der Waals surface area contributed by atoms with Gasteiger partial charge in [-0.2, -0.15) is 0 Å². The summed E-state index contributed by atoms with van der Waals surface area (Å²) in [6.45, 7) is 5.51. The van der Waals surface area contributed by atoms with Gasteiger partial charge in [0, 0.05) is 17.2 Å². The van der Waals surface area contributed by atoms with Gasteiger partial charge in [0.25, 0.3) is 0 Å². The van der Waals surface area contributed by atoms with Gasteiger partial charge in [0.15, 0.2) is 0 Å². The van der Waals surface area contributed by atoms with E-state index in [1.807, 2.05) is 12.1 Å². The highest BCUT2D eigenvalue weighted by molar-refractivity contribution is 5.80. The average molecular weight is 491 g/mol. The summed E-state index contributed by atoms with van der Waals surface area (Å²) in [7, 11) is 0. The zero-order chi connectivity index (χ0) is 25.2. The first kappa shape index (κ1) is 23.7. The smallest absolute Gasteiger partial charge is 0.135 e. The molecule has 0 bridgehead atoms. The van der Waals surface area contributed by atoms with Crippen LogP contribution in [0.2, 0.25) is 0 Å². The maximum atomic E-state index is 6.83. The van der Waals surface area contributed by atoms with Gasteiger partial charge in [0.05, 0.1) is 0 Å². The van der Waals surface area contributed by atoms with Gasteiger partial charge in [-0.05, 0) is 78.1 Å². The molecule has 3 nitrogen and oxygen atoms in total. The molecule has 1 aliphatic heterocycles. The first-order valence-electron chi connectivity index (χ1n) is 13.6. The van der Waals surface area contributed by atoms with Crippen LogP contribution in [0.3, 0.4) is 0 Å². The molecule has 37 heavy (non-hydrogen) atoms. The molecule has 4 aromatic carbocycles. The van der Waals surface area contributed by atoms with Crippen molar-refractivity contribution in [3.8, 4) is 28.4 Å². The average Bonchev–Trinajstić information content (AvgIpc) is 2.93. The lowest BCUT2D eigenvalue weighted by Crippen LogP contribution is -2.42. The second-order valence-electron chi connectivity index (χ2n) is 10.2. The molecule has 1 saturated carbocycles. The highest BCUT2D eigenvalue weighted by Gasteiger charge is 2.46. The van der Waals surface area contributed by atoms with Crippen LogP contribution in [-0.2, 0) is 31.7 Å². The summed E-state index contributed by atoms with van der Waals surface area (Å²) in [5.41, 5.74) is 8.23. The molecule has 188 valence electrons. The zero-order valence-corrected chi connectivity index (χ0v) is 21.8. The molecule has 2 aliphatic rings. The first-order valence-corrected chi connectivity index (χ1v) is 13.6. The molecule has 0 unspecified atom stereocenters. The van der Waals surface area contributed by atoms with E-state index < -0.39 is 0 Å². The Hall–Kier alpha value is -3.72. The van der Waals surface area contributed by atoms with Crippen LogP contribution in [0.4, 0.5) is 0 Å². The number of aryl methyl sites for hydroxylation is 2. The molecule has 1 fully saturated rings. The Labute approximate surface area is 220 Å². The Kier molecular flexibility index (Phi) is 6.38. The third kappa shape index (κ3) is 4.48. The van der Waals surface area contributed by atoms with Crippen molar-refractivity contribution < 1.29 is 14.2 Å². The molecule has 4 aromatic rings. The zero-order valence-electron chi connectivity index (χ0n) is 21.8. The maximum absolute atomic E-state index is 6.83. The summed E-state index contributed by atoms with van der Waals surface area (Å²) in [6, 6.07) is 29.7. The number of fused-ring (bicyclic) bond motifs is 4. The molecule has 1 spiro atoms. The topological polar surface area (TPSA) is 27.7 Å². The SMILES string of the molecule is CCc1cc2c(cc1OCc1ccccc1)OC1(CCC1)c1cc(OCc3ccccc3)c(CC)cc1-2. The van der Waals surface area contributed by atoms with Gasteiger partial charge >= 0.3 is 0 Å². The molecule has 0 saturated heterocycles. The number of benzene rings is 4. The predicted octanol–water partition coefficient (Wildman–Crippen LogP) is 8.41. The quantitative estimate of drug-likeness (QED) is 0.248. The summed E-state index contributed by atoms with van der Waals surface area (Å²) in [4.78, 5) is 0. The fourth-order valence-electron chi connectivity index (χ4n) is 5.55. The highest BCUT2D eigenvalue weighted by Crippen LogP contribution is 2.56. The van der Waals surface area contributed by atoms with Crippen LogP contribution in [0.1, 0.15) is 60.9 Å². The van der Waals surface area contributed by atoms with Crippen molar-refractivity contribution in [3.63, 3.8) is 0 Å². The second-order valence-corrected chi connectivity index (χ2v) is 10.2. The first-order chi connectivity index (χ1) is 18.2. The molecule has 0 radical (unpaired) electrons. The summed E-state index contributed by atoms with van der Waals surface area (Å²) >= 11 is 0. The lowest BCUT2D eigenvalue weighted by Gasteiger charge is -2.47. The fraction of sp³-hybridized carbons (Fsp3) is 0.294. The van der Waals surface area contributed by atoms with Crippen LogP contribution in [0, 0.1) is 0 Å². The monoisotopic (exact) mass is 490 g/mol. The van der Waals surface area contributed by atoms with Crippen molar-refractivity contribution in [3.05, 3.63) is 113 Å². The third-order valence-corrected chi connectivity index (χ3v) is 7.85. The normalized spacial score (nSPS) is 14.8. The number of ether oxygens (including phenoxy) is 3. The van der Waals surface area contributed by atoms with E-state index in [4.69, 9.17) is 14.2 Å². The van der Waals surface area contributed by atoms with Gasteiger partial charge in [-0.3, -0.25) is 0 Å². The molecule has 3 heteroatoms. The van der Waals surface area contributed by atoms with Crippen LogP contribution in [0.25, 0.3) is 11.1 Å². The highest BCUT2D eigenvalue weighted by atomic mass is 16.5. The van der Waals surface area contributed by atoms with Crippen molar-refractivity contribution in [1.82, 2.24) is 0 Å². The van der Waals surface area contributed by atoms with E-state index >= 15 is 0 Å². The molecular formula is C34H34O3. The van der Waals surface area contributed by atoms with Gasteiger partial charge in [-0.1, -0.05) is 74.5 Å².